The van der Waals surface area contributed by atoms with Crippen molar-refractivity contribution in [2.75, 3.05) is 19.8 Å². The number of pyridine rings is 1. The zero-order chi connectivity index (χ0) is 15.0. The van der Waals surface area contributed by atoms with Crippen molar-refractivity contribution in [3.05, 3.63) is 30.2 Å². The van der Waals surface area contributed by atoms with E-state index in [2.05, 4.69) is 20.6 Å². The third-order valence-corrected chi connectivity index (χ3v) is 4.19. The molecule has 3 N–H and O–H groups in total. The fraction of sp³-hybridized carbons (Fsp3) is 0.467. The Kier molecular flexibility index (Phi) is 3.33. The first kappa shape index (κ1) is 13.7. The second-order valence-corrected chi connectivity index (χ2v) is 5.72. The number of H-pyrrole nitrogens is 1. The van der Waals surface area contributed by atoms with Crippen molar-refractivity contribution in [2.45, 2.75) is 24.8 Å². The lowest BCUT2D eigenvalue weighted by atomic mass is 10.1. The molecule has 0 aromatic carbocycles. The Morgan fingerprint density at radius 3 is 3.14 bits per heavy atom. The van der Waals surface area contributed by atoms with Crippen LogP contribution in [-0.4, -0.2) is 47.5 Å². The second-order valence-electron chi connectivity index (χ2n) is 5.72. The summed E-state index contributed by atoms with van der Waals surface area (Å²) in [5, 5.41) is 7.15. The first-order valence-corrected chi connectivity index (χ1v) is 7.45. The third kappa shape index (κ3) is 2.47. The summed E-state index contributed by atoms with van der Waals surface area (Å²) in [5.74, 6) is -0.637. The predicted molar refractivity (Wildman–Crippen MR) is 79.0 cm³/mol. The number of hydrogen-bond donors (Lipinski definition) is 3. The zero-order valence-electron chi connectivity index (χ0n) is 12.1. The van der Waals surface area contributed by atoms with Crippen molar-refractivity contribution >= 4 is 16.8 Å². The Labute approximate surface area is 127 Å². The molecule has 116 valence electrons. The van der Waals surface area contributed by atoms with E-state index in [0.717, 1.165) is 16.6 Å². The number of carbonyl (C=O) groups is 1. The van der Waals surface area contributed by atoms with Crippen LogP contribution < -0.4 is 10.6 Å². The summed E-state index contributed by atoms with van der Waals surface area (Å²) < 4.78 is 11.2. The van der Waals surface area contributed by atoms with Crippen LogP contribution in [-0.2, 0) is 20.8 Å². The van der Waals surface area contributed by atoms with Gasteiger partial charge in [0.2, 0.25) is 5.91 Å². The largest absolute Gasteiger partial charge is 0.357 e. The molecule has 2 aliphatic rings. The van der Waals surface area contributed by atoms with Crippen molar-refractivity contribution in [3.63, 3.8) is 0 Å². The Bertz CT molecular complexity index is 660. The molecule has 0 bridgehead atoms. The highest BCUT2D eigenvalue weighted by Crippen LogP contribution is 2.29. The summed E-state index contributed by atoms with van der Waals surface area (Å²) in [7, 11) is 0. The number of nitrogens with zero attached hydrogens (tertiary/aromatic N) is 1. The number of ether oxygens (including phenoxy) is 2. The van der Waals surface area contributed by atoms with E-state index in [9.17, 15) is 4.79 Å². The molecule has 4 rings (SSSR count). The van der Waals surface area contributed by atoms with Crippen molar-refractivity contribution in [1.29, 1.82) is 0 Å². The number of hydrogen-bond acceptors (Lipinski definition) is 5. The van der Waals surface area contributed by atoms with E-state index in [4.69, 9.17) is 9.47 Å². The van der Waals surface area contributed by atoms with Crippen LogP contribution in [0, 0.1) is 0 Å². The van der Waals surface area contributed by atoms with Gasteiger partial charge in [0.05, 0.1) is 32.3 Å². The molecule has 2 fully saturated rings. The van der Waals surface area contributed by atoms with Gasteiger partial charge >= 0.3 is 0 Å². The lowest BCUT2D eigenvalue weighted by Crippen LogP contribution is -2.40. The van der Waals surface area contributed by atoms with Crippen LogP contribution in [0.15, 0.2) is 24.5 Å². The average molecular weight is 302 g/mol. The van der Waals surface area contributed by atoms with Crippen LogP contribution in [0.4, 0.5) is 0 Å². The van der Waals surface area contributed by atoms with Gasteiger partial charge in [-0.2, -0.15) is 0 Å². The average Bonchev–Trinajstić information content (AvgIpc) is 3.25. The number of nitrogens with one attached hydrogen (secondary N) is 3. The van der Waals surface area contributed by atoms with Crippen LogP contribution in [0.25, 0.3) is 10.9 Å². The van der Waals surface area contributed by atoms with Crippen molar-refractivity contribution in [1.82, 2.24) is 20.6 Å². The minimum atomic E-state index is -0.602. The van der Waals surface area contributed by atoms with Crippen molar-refractivity contribution in [2.24, 2.45) is 0 Å². The molecule has 22 heavy (non-hydrogen) atoms. The van der Waals surface area contributed by atoms with E-state index >= 15 is 0 Å². The predicted octanol–water partition coefficient (Wildman–Crippen LogP) is 0.284. The smallest absolute Gasteiger partial charge is 0.237 e. The molecule has 2 aromatic rings. The highest BCUT2D eigenvalue weighted by Gasteiger charge is 2.46. The molecule has 2 saturated heterocycles. The second kappa shape index (κ2) is 5.35. The lowest BCUT2D eigenvalue weighted by molar-refractivity contribution is -0.144. The van der Waals surface area contributed by atoms with Gasteiger partial charge in [-0.05, 0) is 12.1 Å². The van der Waals surface area contributed by atoms with E-state index in [1.165, 1.54) is 0 Å². The van der Waals surface area contributed by atoms with Gasteiger partial charge in [0.1, 0.15) is 0 Å². The van der Waals surface area contributed by atoms with Crippen LogP contribution in [0.2, 0.25) is 0 Å². The van der Waals surface area contributed by atoms with Crippen LogP contribution in [0.5, 0.6) is 0 Å². The first-order valence-electron chi connectivity index (χ1n) is 7.45. The van der Waals surface area contributed by atoms with Gasteiger partial charge in [-0.25, -0.2) is 0 Å². The van der Waals surface area contributed by atoms with Gasteiger partial charge in [0.15, 0.2) is 5.79 Å². The maximum Gasteiger partial charge on any atom is 0.237 e. The molecule has 7 heteroatoms. The van der Waals surface area contributed by atoms with E-state index in [1.54, 1.807) is 12.4 Å². The fourth-order valence-corrected chi connectivity index (χ4v) is 3.07. The molecule has 0 aliphatic carbocycles. The zero-order valence-corrected chi connectivity index (χ0v) is 12.1. The van der Waals surface area contributed by atoms with Gasteiger partial charge < -0.3 is 25.1 Å². The minimum absolute atomic E-state index is 0.0345. The fourth-order valence-electron chi connectivity index (χ4n) is 3.07. The summed E-state index contributed by atoms with van der Waals surface area (Å²) in [5.41, 5.74) is 1.97. The molecule has 0 saturated carbocycles. The SMILES string of the molecule is O=C(NCc1cc2cnccc2[nH]1)[C@@H]1CC2(CN1)OCCO2. The molecule has 1 atom stereocenters. The van der Waals surface area contributed by atoms with Crippen molar-refractivity contribution in [3.8, 4) is 0 Å². The molecular weight excluding hydrogens is 284 g/mol. The van der Waals surface area contributed by atoms with Gasteiger partial charge in [-0.1, -0.05) is 0 Å². The normalized spacial score (nSPS) is 23.4. The number of fused-ring (bicyclic) bond motifs is 1. The quantitative estimate of drug-likeness (QED) is 0.758. The van der Waals surface area contributed by atoms with Gasteiger partial charge in [0, 0.05) is 35.4 Å². The standard InChI is InChI=1S/C15H18N4O3/c20-14(13-6-15(9-18-13)21-3-4-22-15)17-8-11-5-10-7-16-2-1-12(10)19-11/h1-2,5,7,13,18-19H,3-4,6,8-9H2,(H,17,20)/t13-/m0/s1. The molecule has 0 unspecified atom stereocenters. The van der Waals surface area contributed by atoms with E-state index in [0.29, 0.717) is 32.7 Å². The van der Waals surface area contributed by atoms with Gasteiger partial charge in [0.25, 0.3) is 0 Å². The molecule has 2 aromatic heterocycles. The Balaban J connectivity index is 1.36. The Morgan fingerprint density at radius 2 is 2.32 bits per heavy atom. The molecule has 4 heterocycles. The number of amides is 1. The maximum absolute atomic E-state index is 12.3. The van der Waals surface area contributed by atoms with E-state index < -0.39 is 5.79 Å². The molecule has 1 spiro atoms. The van der Waals surface area contributed by atoms with Gasteiger partial charge in [-0.3, -0.25) is 9.78 Å². The number of aromatic amines is 1. The van der Waals surface area contributed by atoms with E-state index in [-0.39, 0.29) is 11.9 Å². The summed E-state index contributed by atoms with van der Waals surface area (Å²) in [6.07, 6.45) is 4.09. The Morgan fingerprint density at radius 1 is 1.45 bits per heavy atom. The summed E-state index contributed by atoms with van der Waals surface area (Å²) >= 11 is 0. The topological polar surface area (TPSA) is 88.3 Å². The summed E-state index contributed by atoms with van der Waals surface area (Å²) in [6.45, 7) is 2.21. The molecular formula is C15H18N4O3. The highest BCUT2D eigenvalue weighted by atomic mass is 16.7. The maximum atomic E-state index is 12.3. The Hall–Kier alpha value is -1.96. The third-order valence-electron chi connectivity index (χ3n) is 4.19. The van der Waals surface area contributed by atoms with Crippen LogP contribution >= 0.6 is 0 Å². The van der Waals surface area contributed by atoms with Crippen molar-refractivity contribution < 1.29 is 14.3 Å². The molecule has 0 radical (unpaired) electrons. The molecule has 7 nitrogen and oxygen atoms in total. The van der Waals surface area contributed by atoms with Crippen LogP contribution in [0.1, 0.15) is 12.1 Å². The first-order chi connectivity index (χ1) is 10.7. The summed E-state index contributed by atoms with van der Waals surface area (Å²) in [4.78, 5) is 19.6. The monoisotopic (exact) mass is 302 g/mol. The minimum Gasteiger partial charge on any atom is -0.357 e. The van der Waals surface area contributed by atoms with Gasteiger partial charge in [-0.15, -0.1) is 0 Å². The van der Waals surface area contributed by atoms with E-state index in [1.807, 2.05) is 12.1 Å². The number of aromatic nitrogens is 2. The highest BCUT2D eigenvalue weighted by molar-refractivity contribution is 5.83. The molecule has 1 amide bonds. The molecule has 2 aliphatic heterocycles. The van der Waals surface area contributed by atoms with Crippen LogP contribution in [0.3, 0.4) is 0 Å². The lowest BCUT2D eigenvalue weighted by Gasteiger charge is -2.19. The number of carbonyl (C=O) groups excluding carboxylic acids is 1. The number of rotatable bonds is 3. The summed E-state index contributed by atoms with van der Waals surface area (Å²) in [6, 6.07) is 3.64.